The lowest BCUT2D eigenvalue weighted by atomic mass is 9.98. The van der Waals surface area contributed by atoms with Crippen molar-refractivity contribution >= 4 is 11.6 Å². The zero-order chi connectivity index (χ0) is 13.8. The number of aryl methyl sites for hydroxylation is 2. The Labute approximate surface area is 116 Å². The number of likely N-dealkylation sites (N-methyl/N-ethyl adjacent to an activating group) is 1. The van der Waals surface area contributed by atoms with Crippen molar-refractivity contribution in [2.24, 2.45) is 0 Å². The predicted octanol–water partition coefficient (Wildman–Crippen LogP) is 2.53. The zero-order valence-electron chi connectivity index (χ0n) is 12.2. The fraction of sp³-hybridized carbons (Fsp3) is 0.562. The molecule has 1 N–H and O–H groups in total. The summed E-state index contributed by atoms with van der Waals surface area (Å²) in [6.45, 7) is 5.16. The van der Waals surface area contributed by atoms with E-state index >= 15 is 0 Å². The van der Waals surface area contributed by atoms with E-state index in [1.54, 1.807) is 0 Å². The molecule has 1 aliphatic rings. The van der Waals surface area contributed by atoms with E-state index < -0.39 is 0 Å². The highest BCUT2D eigenvalue weighted by Gasteiger charge is 2.30. The Bertz CT molecular complexity index is 434. The van der Waals surface area contributed by atoms with Gasteiger partial charge in [0.25, 0.3) is 0 Å². The highest BCUT2D eigenvalue weighted by Crippen LogP contribution is 2.30. The lowest BCUT2D eigenvalue weighted by Crippen LogP contribution is -2.50. The SMILES string of the molecule is CCc1cccc(CC)c1N1CCCC(NC)C1=O. The first-order chi connectivity index (χ1) is 9.22. The van der Waals surface area contributed by atoms with E-state index in [9.17, 15) is 4.79 Å². The van der Waals surface area contributed by atoms with Gasteiger partial charge in [-0.15, -0.1) is 0 Å². The molecule has 19 heavy (non-hydrogen) atoms. The third kappa shape index (κ3) is 2.66. The molecule has 1 aliphatic heterocycles. The molecule has 1 saturated heterocycles. The predicted molar refractivity (Wildman–Crippen MR) is 79.6 cm³/mol. The molecule has 0 radical (unpaired) electrons. The molecule has 1 heterocycles. The molecule has 3 heteroatoms. The summed E-state index contributed by atoms with van der Waals surface area (Å²) >= 11 is 0. The number of carbonyl (C=O) groups excluding carboxylic acids is 1. The standard InChI is InChI=1S/C16H24N2O/c1-4-12-8-6-9-13(5-2)15(12)18-11-7-10-14(17-3)16(18)19/h6,8-9,14,17H,4-5,7,10-11H2,1-3H3. The maximum Gasteiger partial charge on any atom is 0.244 e. The lowest BCUT2D eigenvalue weighted by molar-refractivity contribution is -0.121. The molecular weight excluding hydrogens is 236 g/mol. The lowest BCUT2D eigenvalue weighted by Gasteiger charge is -2.34. The number of anilines is 1. The number of hydrogen-bond acceptors (Lipinski definition) is 2. The molecule has 3 nitrogen and oxygen atoms in total. The summed E-state index contributed by atoms with van der Waals surface area (Å²) in [7, 11) is 1.87. The molecule has 0 aliphatic carbocycles. The van der Waals surface area contributed by atoms with Crippen molar-refractivity contribution in [2.45, 2.75) is 45.6 Å². The minimum Gasteiger partial charge on any atom is -0.311 e. The van der Waals surface area contributed by atoms with Crippen molar-refractivity contribution in [3.8, 4) is 0 Å². The second-order valence-corrected chi connectivity index (χ2v) is 5.11. The summed E-state index contributed by atoms with van der Waals surface area (Å²) in [5, 5.41) is 3.14. The average molecular weight is 260 g/mol. The summed E-state index contributed by atoms with van der Waals surface area (Å²) in [6.07, 6.45) is 3.95. The van der Waals surface area contributed by atoms with Gasteiger partial charge in [-0.2, -0.15) is 0 Å². The van der Waals surface area contributed by atoms with Crippen LogP contribution in [0.15, 0.2) is 18.2 Å². The molecule has 2 rings (SSSR count). The first kappa shape index (κ1) is 14.1. The van der Waals surface area contributed by atoms with Crippen molar-refractivity contribution in [3.05, 3.63) is 29.3 Å². The second kappa shape index (κ2) is 6.20. The molecule has 0 aromatic heterocycles. The Balaban J connectivity index is 2.42. The number of rotatable bonds is 4. The summed E-state index contributed by atoms with van der Waals surface area (Å²) in [6, 6.07) is 6.36. The van der Waals surface area contributed by atoms with Gasteiger partial charge in [-0.1, -0.05) is 32.0 Å². The van der Waals surface area contributed by atoms with Crippen LogP contribution in [0, 0.1) is 0 Å². The van der Waals surface area contributed by atoms with Gasteiger partial charge in [0, 0.05) is 6.54 Å². The van der Waals surface area contributed by atoms with Crippen LogP contribution < -0.4 is 10.2 Å². The Morgan fingerprint density at radius 2 is 1.89 bits per heavy atom. The minimum atomic E-state index is -0.0247. The normalized spacial score (nSPS) is 19.8. The van der Waals surface area contributed by atoms with Crippen molar-refractivity contribution in [2.75, 3.05) is 18.5 Å². The van der Waals surface area contributed by atoms with Crippen LogP contribution in [0.5, 0.6) is 0 Å². The van der Waals surface area contributed by atoms with Crippen LogP contribution in [-0.4, -0.2) is 25.5 Å². The quantitative estimate of drug-likeness (QED) is 0.902. The average Bonchev–Trinajstić information content (AvgIpc) is 2.46. The third-order valence-electron chi connectivity index (χ3n) is 4.02. The summed E-state index contributed by atoms with van der Waals surface area (Å²) in [5.74, 6) is 0.226. The molecule has 0 saturated carbocycles. The van der Waals surface area contributed by atoms with Crippen molar-refractivity contribution in [3.63, 3.8) is 0 Å². The minimum absolute atomic E-state index is 0.0247. The van der Waals surface area contributed by atoms with Crippen LogP contribution in [0.3, 0.4) is 0 Å². The third-order valence-corrected chi connectivity index (χ3v) is 4.02. The molecule has 1 unspecified atom stereocenters. The molecule has 0 spiro atoms. The Morgan fingerprint density at radius 3 is 2.42 bits per heavy atom. The fourth-order valence-corrected chi connectivity index (χ4v) is 2.93. The van der Waals surface area contributed by atoms with Gasteiger partial charge in [0.1, 0.15) is 0 Å². The summed E-state index contributed by atoms with van der Waals surface area (Å²) in [5.41, 5.74) is 3.73. The van der Waals surface area contributed by atoms with Gasteiger partial charge < -0.3 is 10.2 Å². The second-order valence-electron chi connectivity index (χ2n) is 5.11. The molecule has 0 bridgehead atoms. The first-order valence-corrected chi connectivity index (χ1v) is 7.32. The van der Waals surface area contributed by atoms with Gasteiger partial charge in [0.2, 0.25) is 5.91 Å². The Morgan fingerprint density at radius 1 is 1.26 bits per heavy atom. The number of benzene rings is 1. The highest BCUT2D eigenvalue weighted by molar-refractivity contribution is 5.99. The van der Waals surface area contributed by atoms with Gasteiger partial charge >= 0.3 is 0 Å². The number of carbonyl (C=O) groups is 1. The maximum absolute atomic E-state index is 12.6. The van der Waals surface area contributed by atoms with E-state index in [0.717, 1.165) is 37.9 Å². The Kier molecular flexibility index (Phi) is 4.59. The number of para-hydroxylation sites is 1. The van der Waals surface area contributed by atoms with E-state index in [1.807, 2.05) is 11.9 Å². The van der Waals surface area contributed by atoms with E-state index in [1.165, 1.54) is 11.1 Å². The first-order valence-electron chi connectivity index (χ1n) is 7.32. The number of hydrogen-bond donors (Lipinski definition) is 1. The molecule has 1 aromatic carbocycles. The van der Waals surface area contributed by atoms with E-state index in [-0.39, 0.29) is 11.9 Å². The van der Waals surface area contributed by atoms with Gasteiger partial charge in [0.05, 0.1) is 11.7 Å². The molecule has 104 valence electrons. The maximum atomic E-state index is 12.6. The van der Waals surface area contributed by atoms with Gasteiger partial charge in [0.15, 0.2) is 0 Å². The van der Waals surface area contributed by atoms with Crippen molar-refractivity contribution < 1.29 is 4.79 Å². The number of piperidine rings is 1. The van der Waals surface area contributed by atoms with E-state index in [2.05, 4.69) is 37.4 Å². The summed E-state index contributed by atoms with van der Waals surface area (Å²) < 4.78 is 0. The molecule has 1 aromatic rings. The number of nitrogens with one attached hydrogen (secondary N) is 1. The van der Waals surface area contributed by atoms with Crippen molar-refractivity contribution in [1.29, 1.82) is 0 Å². The van der Waals surface area contributed by atoms with Crippen LogP contribution in [0.2, 0.25) is 0 Å². The highest BCUT2D eigenvalue weighted by atomic mass is 16.2. The van der Waals surface area contributed by atoms with E-state index in [0.29, 0.717) is 0 Å². The Hall–Kier alpha value is -1.35. The number of nitrogens with zero attached hydrogens (tertiary/aromatic N) is 1. The van der Waals surface area contributed by atoms with Gasteiger partial charge in [-0.3, -0.25) is 4.79 Å². The van der Waals surface area contributed by atoms with Crippen molar-refractivity contribution in [1.82, 2.24) is 5.32 Å². The zero-order valence-corrected chi connectivity index (χ0v) is 12.2. The molecule has 1 amide bonds. The summed E-state index contributed by atoms with van der Waals surface area (Å²) in [4.78, 5) is 14.6. The van der Waals surface area contributed by atoms with Gasteiger partial charge in [-0.25, -0.2) is 0 Å². The van der Waals surface area contributed by atoms with E-state index in [4.69, 9.17) is 0 Å². The number of amides is 1. The van der Waals surface area contributed by atoms with Crippen LogP contribution in [-0.2, 0) is 17.6 Å². The smallest absolute Gasteiger partial charge is 0.244 e. The van der Waals surface area contributed by atoms with Crippen LogP contribution in [0.25, 0.3) is 0 Å². The van der Waals surface area contributed by atoms with Crippen LogP contribution in [0.4, 0.5) is 5.69 Å². The topological polar surface area (TPSA) is 32.3 Å². The molecule has 1 atom stereocenters. The van der Waals surface area contributed by atoms with Gasteiger partial charge in [-0.05, 0) is 43.9 Å². The fourth-order valence-electron chi connectivity index (χ4n) is 2.93. The largest absolute Gasteiger partial charge is 0.311 e. The molecular formula is C16H24N2O. The van der Waals surface area contributed by atoms with Crippen LogP contribution in [0.1, 0.15) is 37.8 Å². The van der Waals surface area contributed by atoms with Crippen LogP contribution >= 0.6 is 0 Å². The monoisotopic (exact) mass is 260 g/mol. The molecule has 1 fully saturated rings.